The molecule has 0 aliphatic heterocycles. The minimum atomic E-state index is -0.0133. The molecule has 0 aliphatic rings. The van der Waals surface area contributed by atoms with E-state index in [0.29, 0.717) is 5.69 Å². The van der Waals surface area contributed by atoms with E-state index in [1.165, 1.54) is 6.92 Å². The molecule has 0 saturated carbocycles. The Morgan fingerprint density at radius 1 is 1.62 bits per heavy atom. The molecule has 0 radical (unpaired) electrons. The summed E-state index contributed by atoms with van der Waals surface area (Å²) in [7, 11) is 0. The van der Waals surface area contributed by atoms with Gasteiger partial charge < -0.3 is 4.40 Å². The first-order valence-corrected chi connectivity index (χ1v) is 4.61. The number of halogens is 1. The highest BCUT2D eigenvalue weighted by Crippen LogP contribution is 2.16. The fourth-order valence-electron chi connectivity index (χ4n) is 1.23. The normalized spacial score (nSPS) is 10.6. The summed E-state index contributed by atoms with van der Waals surface area (Å²) < 4.78 is 2.77. The maximum Gasteiger partial charge on any atom is 0.180 e. The van der Waals surface area contributed by atoms with E-state index in [0.717, 1.165) is 9.99 Å². The number of imidazole rings is 1. The van der Waals surface area contributed by atoms with E-state index in [-0.39, 0.29) is 5.78 Å². The molecule has 0 N–H and O–H groups in total. The molecule has 0 amide bonds. The molecule has 2 aromatic heterocycles. The summed E-state index contributed by atoms with van der Waals surface area (Å²) in [6.07, 6.45) is 3.50. The zero-order valence-electron chi connectivity index (χ0n) is 6.99. The highest BCUT2D eigenvalue weighted by atomic mass is 79.9. The fourth-order valence-corrected chi connectivity index (χ4v) is 1.57. The molecule has 0 bridgehead atoms. The number of ketones is 1. The Morgan fingerprint density at radius 3 is 3.08 bits per heavy atom. The first-order valence-electron chi connectivity index (χ1n) is 3.81. The smallest absolute Gasteiger partial charge is 0.180 e. The van der Waals surface area contributed by atoms with Crippen LogP contribution < -0.4 is 0 Å². The van der Waals surface area contributed by atoms with Crippen molar-refractivity contribution in [3.05, 3.63) is 34.8 Å². The molecule has 13 heavy (non-hydrogen) atoms. The van der Waals surface area contributed by atoms with E-state index in [1.54, 1.807) is 6.33 Å². The van der Waals surface area contributed by atoms with Crippen LogP contribution in [0.15, 0.2) is 29.1 Å². The Bertz CT molecular complexity index is 475. The molecular formula is C9H7BrN2O. The molecule has 0 saturated heterocycles. The summed E-state index contributed by atoms with van der Waals surface area (Å²) in [5, 5.41) is 0. The number of rotatable bonds is 1. The molecule has 0 aromatic carbocycles. The number of carbonyl (C=O) groups is 1. The Kier molecular flexibility index (Phi) is 1.92. The topological polar surface area (TPSA) is 34.4 Å². The first-order chi connectivity index (χ1) is 6.18. The van der Waals surface area contributed by atoms with E-state index in [1.807, 2.05) is 22.7 Å². The van der Waals surface area contributed by atoms with E-state index >= 15 is 0 Å². The van der Waals surface area contributed by atoms with Crippen molar-refractivity contribution in [1.82, 2.24) is 9.38 Å². The lowest BCUT2D eigenvalue weighted by Crippen LogP contribution is -1.93. The van der Waals surface area contributed by atoms with Gasteiger partial charge in [-0.3, -0.25) is 4.79 Å². The molecule has 2 aromatic rings. The second kappa shape index (κ2) is 2.96. The van der Waals surface area contributed by atoms with Crippen molar-refractivity contribution >= 4 is 27.2 Å². The summed E-state index contributed by atoms with van der Waals surface area (Å²) in [6, 6.07) is 3.78. The number of aromatic nitrogens is 2. The van der Waals surface area contributed by atoms with Crippen LogP contribution in [0.1, 0.15) is 17.4 Å². The highest BCUT2D eigenvalue weighted by Gasteiger charge is 2.08. The first kappa shape index (κ1) is 8.44. The number of hydrogen-bond acceptors (Lipinski definition) is 2. The lowest BCUT2D eigenvalue weighted by molar-refractivity contribution is 0.101. The average molecular weight is 239 g/mol. The van der Waals surface area contributed by atoms with Gasteiger partial charge in [0.15, 0.2) is 5.78 Å². The number of hydrogen-bond donors (Lipinski definition) is 0. The second-order valence-electron chi connectivity index (χ2n) is 2.79. The van der Waals surface area contributed by atoms with Gasteiger partial charge in [-0.05, 0) is 12.1 Å². The van der Waals surface area contributed by atoms with Crippen molar-refractivity contribution in [2.45, 2.75) is 6.92 Å². The standard InChI is InChI=1S/C9H7BrN2O/c1-6(13)9-8-4-7(10)2-3-12(8)5-11-9/h2-5H,1H3. The van der Waals surface area contributed by atoms with Crippen molar-refractivity contribution in [2.75, 3.05) is 0 Å². The Balaban J connectivity index is 2.79. The molecule has 3 nitrogen and oxygen atoms in total. The van der Waals surface area contributed by atoms with Gasteiger partial charge in [-0.15, -0.1) is 0 Å². The monoisotopic (exact) mass is 238 g/mol. The van der Waals surface area contributed by atoms with Crippen LogP contribution >= 0.6 is 15.9 Å². The van der Waals surface area contributed by atoms with Crippen LogP contribution in [-0.2, 0) is 0 Å². The summed E-state index contributed by atoms with van der Waals surface area (Å²) in [4.78, 5) is 15.2. The van der Waals surface area contributed by atoms with Crippen LogP contribution in [0.3, 0.4) is 0 Å². The maximum atomic E-state index is 11.1. The van der Waals surface area contributed by atoms with Gasteiger partial charge in [-0.1, -0.05) is 15.9 Å². The van der Waals surface area contributed by atoms with Gasteiger partial charge in [0.1, 0.15) is 12.0 Å². The van der Waals surface area contributed by atoms with Crippen molar-refractivity contribution in [3.63, 3.8) is 0 Å². The summed E-state index contributed by atoms with van der Waals surface area (Å²) in [5.41, 5.74) is 1.35. The van der Waals surface area contributed by atoms with Gasteiger partial charge in [0.25, 0.3) is 0 Å². The van der Waals surface area contributed by atoms with Crippen LogP contribution in [0.2, 0.25) is 0 Å². The number of nitrogens with zero attached hydrogens (tertiary/aromatic N) is 2. The predicted octanol–water partition coefficient (Wildman–Crippen LogP) is 2.30. The lowest BCUT2D eigenvalue weighted by Gasteiger charge is -1.95. The Hall–Kier alpha value is -1.16. The van der Waals surface area contributed by atoms with Crippen molar-refractivity contribution in [2.24, 2.45) is 0 Å². The van der Waals surface area contributed by atoms with Crippen LogP contribution in [0.25, 0.3) is 5.52 Å². The zero-order valence-corrected chi connectivity index (χ0v) is 8.58. The molecule has 0 aliphatic carbocycles. The van der Waals surface area contributed by atoms with Gasteiger partial charge in [0, 0.05) is 17.6 Å². The van der Waals surface area contributed by atoms with Crippen LogP contribution in [0.4, 0.5) is 0 Å². The quantitative estimate of drug-likeness (QED) is 0.715. The van der Waals surface area contributed by atoms with E-state index in [2.05, 4.69) is 20.9 Å². The average Bonchev–Trinajstić information content (AvgIpc) is 2.46. The third kappa shape index (κ3) is 1.37. The molecule has 4 heteroatoms. The van der Waals surface area contributed by atoms with Crippen molar-refractivity contribution in [3.8, 4) is 0 Å². The van der Waals surface area contributed by atoms with Crippen molar-refractivity contribution in [1.29, 1.82) is 0 Å². The van der Waals surface area contributed by atoms with Crippen LogP contribution in [0.5, 0.6) is 0 Å². The molecule has 66 valence electrons. The van der Waals surface area contributed by atoms with Crippen LogP contribution in [-0.4, -0.2) is 15.2 Å². The molecule has 2 rings (SSSR count). The third-order valence-corrected chi connectivity index (χ3v) is 2.33. The van der Waals surface area contributed by atoms with E-state index < -0.39 is 0 Å². The largest absolute Gasteiger partial charge is 0.305 e. The van der Waals surface area contributed by atoms with Gasteiger partial charge >= 0.3 is 0 Å². The molecule has 0 fully saturated rings. The summed E-state index contributed by atoms with van der Waals surface area (Å²) >= 11 is 3.35. The maximum absolute atomic E-state index is 11.1. The van der Waals surface area contributed by atoms with Gasteiger partial charge in [0.05, 0.1) is 5.52 Å². The highest BCUT2D eigenvalue weighted by molar-refractivity contribution is 9.10. The zero-order chi connectivity index (χ0) is 9.42. The number of pyridine rings is 1. The Labute approximate surface area is 83.5 Å². The van der Waals surface area contributed by atoms with Crippen LogP contribution in [0, 0.1) is 0 Å². The predicted molar refractivity (Wildman–Crippen MR) is 52.9 cm³/mol. The molecule has 2 heterocycles. The summed E-state index contributed by atoms with van der Waals surface area (Å²) in [6.45, 7) is 1.52. The molecule has 0 spiro atoms. The van der Waals surface area contributed by atoms with Gasteiger partial charge in [0.2, 0.25) is 0 Å². The molecule has 0 unspecified atom stereocenters. The summed E-state index contributed by atoms with van der Waals surface area (Å²) in [5.74, 6) is -0.0133. The minimum absolute atomic E-state index is 0.0133. The molecular weight excluding hydrogens is 232 g/mol. The van der Waals surface area contributed by atoms with Gasteiger partial charge in [-0.2, -0.15) is 0 Å². The van der Waals surface area contributed by atoms with E-state index in [9.17, 15) is 4.79 Å². The molecule has 0 atom stereocenters. The fraction of sp³-hybridized carbons (Fsp3) is 0.111. The van der Waals surface area contributed by atoms with Crippen molar-refractivity contribution < 1.29 is 4.79 Å². The number of Topliss-reactive ketones (excluding diaryl/α,β-unsaturated/α-hetero) is 1. The van der Waals surface area contributed by atoms with E-state index in [4.69, 9.17) is 0 Å². The third-order valence-electron chi connectivity index (χ3n) is 1.83. The lowest BCUT2D eigenvalue weighted by atomic mass is 10.2. The second-order valence-corrected chi connectivity index (χ2v) is 3.70. The number of carbonyl (C=O) groups excluding carboxylic acids is 1. The van der Waals surface area contributed by atoms with Gasteiger partial charge in [-0.25, -0.2) is 4.98 Å². The number of fused-ring (bicyclic) bond motifs is 1. The Morgan fingerprint density at radius 2 is 2.38 bits per heavy atom. The SMILES string of the molecule is CC(=O)c1ncn2ccc(Br)cc12. The minimum Gasteiger partial charge on any atom is -0.305 e.